The quantitative estimate of drug-likeness (QED) is 0.761. The molecule has 2 rings (SSSR count). The summed E-state index contributed by atoms with van der Waals surface area (Å²) in [6.07, 6.45) is 3.46. The predicted molar refractivity (Wildman–Crippen MR) is 59.6 cm³/mol. The van der Waals surface area contributed by atoms with Crippen LogP contribution in [0.15, 0.2) is 35.4 Å². The number of hydrogen-bond donors (Lipinski definition) is 0. The Hall–Kier alpha value is -2.04. The van der Waals surface area contributed by atoms with Gasteiger partial charge in [0, 0.05) is 25.5 Å². The molecular weight excluding hydrogens is 206 g/mol. The van der Waals surface area contributed by atoms with Gasteiger partial charge in [-0.25, -0.2) is 9.78 Å². The van der Waals surface area contributed by atoms with Crippen LogP contribution in [0.2, 0.25) is 0 Å². The second-order valence-corrected chi connectivity index (χ2v) is 3.49. The molecule has 0 aromatic carbocycles. The van der Waals surface area contributed by atoms with Crippen molar-refractivity contribution in [2.75, 3.05) is 7.11 Å². The van der Waals surface area contributed by atoms with Crippen molar-refractivity contribution in [3.8, 4) is 5.88 Å². The fourth-order valence-electron chi connectivity index (χ4n) is 1.46. The monoisotopic (exact) mass is 219 g/mol. The Labute approximate surface area is 92.9 Å². The number of pyridine rings is 1. The zero-order valence-corrected chi connectivity index (χ0v) is 9.25. The summed E-state index contributed by atoms with van der Waals surface area (Å²) in [5.41, 5.74) is 0.747. The summed E-state index contributed by atoms with van der Waals surface area (Å²) in [4.78, 5) is 15.8. The van der Waals surface area contributed by atoms with E-state index in [9.17, 15) is 4.79 Å². The molecule has 2 heterocycles. The lowest BCUT2D eigenvalue weighted by atomic mass is 10.3. The largest absolute Gasteiger partial charge is 0.481 e. The van der Waals surface area contributed by atoms with Crippen molar-refractivity contribution in [2.24, 2.45) is 7.05 Å². The Kier molecular flexibility index (Phi) is 2.76. The van der Waals surface area contributed by atoms with Crippen molar-refractivity contribution < 1.29 is 4.74 Å². The van der Waals surface area contributed by atoms with E-state index in [0.717, 1.165) is 5.69 Å². The zero-order chi connectivity index (χ0) is 11.5. The van der Waals surface area contributed by atoms with Crippen LogP contribution in [-0.4, -0.2) is 21.2 Å². The van der Waals surface area contributed by atoms with Crippen molar-refractivity contribution in [1.29, 1.82) is 0 Å². The first kappa shape index (κ1) is 10.5. The van der Waals surface area contributed by atoms with Gasteiger partial charge in [0.15, 0.2) is 0 Å². The van der Waals surface area contributed by atoms with Crippen LogP contribution in [0.5, 0.6) is 5.88 Å². The molecule has 0 spiro atoms. The van der Waals surface area contributed by atoms with Crippen LogP contribution >= 0.6 is 0 Å². The number of ether oxygens (including phenoxy) is 1. The molecule has 0 bridgehead atoms. The molecule has 0 amide bonds. The van der Waals surface area contributed by atoms with Crippen molar-refractivity contribution in [3.05, 3.63) is 46.8 Å². The Morgan fingerprint density at radius 3 is 2.81 bits per heavy atom. The normalized spacial score (nSPS) is 10.4. The zero-order valence-electron chi connectivity index (χ0n) is 9.25. The van der Waals surface area contributed by atoms with Crippen molar-refractivity contribution in [1.82, 2.24) is 14.1 Å². The maximum absolute atomic E-state index is 11.6. The number of rotatable bonds is 3. The van der Waals surface area contributed by atoms with E-state index in [1.54, 1.807) is 37.2 Å². The number of methoxy groups -OCH3 is 1. The second kappa shape index (κ2) is 4.22. The third kappa shape index (κ3) is 1.98. The smallest absolute Gasteiger partial charge is 0.328 e. The van der Waals surface area contributed by atoms with E-state index in [1.807, 2.05) is 12.1 Å². The lowest BCUT2D eigenvalue weighted by Crippen LogP contribution is -2.22. The Balaban J connectivity index is 2.27. The highest BCUT2D eigenvalue weighted by molar-refractivity contribution is 5.15. The maximum atomic E-state index is 11.6. The topological polar surface area (TPSA) is 49.0 Å². The first-order chi connectivity index (χ1) is 7.70. The third-order valence-electron chi connectivity index (χ3n) is 2.34. The SMILES string of the molecule is COc1cccc(Cn2ccn(C)c2=O)n1. The van der Waals surface area contributed by atoms with E-state index >= 15 is 0 Å². The molecule has 0 aliphatic heterocycles. The molecule has 5 heteroatoms. The van der Waals surface area contributed by atoms with Gasteiger partial charge in [0.05, 0.1) is 19.3 Å². The maximum Gasteiger partial charge on any atom is 0.328 e. The Morgan fingerprint density at radius 1 is 1.38 bits per heavy atom. The van der Waals surface area contributed by atoms with Gasteiger partial charge < -0.3 is 9.30 Å². The number of hydrogen-bond acceptors (Lipinski definition) is 3. The van der Waals surface area contributed by atoms with E-state index in [2.05, 4.69) is 4.98 Å². The number of aryl methyl sites for hydroxylation is 1. The molecule has 0 fully saturated rings. The average Bonchev–Trinajstić information content (AvgIpc) is 2.61. The first-order valence-electron chi connectivity index (χ1n) is 4.92. The molecular formula is C11H13N3O2. The minimum Gasteiger partial charge on any atom is -0.481 e. The van der Waals surface area contributed by atoms with Crippen LogP contribution < -0.4 is 10.4 Å². The van der Waals surface area contributed by atoms with Gasteiger partial charge in [-0.1, -0.05) is 6.07 Å². The van der Waals surface area contributed by atoms with Gasteiger partial charge >= 0.3 is 5.69 Å². The van der Waals surface area contributed by atoms with E-state index in [1.165, 1.54) is 4.57 Å². The molecule has 0 atom stereocenters. The highest BCUT2D eigenvalue weighted by Gasteiger charge is 2.02. The first-order valence-corrected chi connectivity index (χ1v) is 4.92. The number of nitrogens with zero attached hydrogens (tertiary/aromatic N) is 3. The molecule has 0 aliphatic rings. The van der Waals surface area contributed by atoms with Crippen LogP contribution in [0.3, 0.4) is 0 Å². The van der Waals surface area contributed by atoms with Crippen LogP contribution in [0, 0.1) is 0 Å². The van der Waals surface area contributed by atoms with Gasteiger partial charge in [0.1, 0.15) is 0 Å². The van der Waals surface area contributed by atoms with E-state index in [4.69, 9.17) is 4.74 Å². The summed E-state index contributed by atoms with van der Waals surface area (Å²) < 4.78 is 8.15. The molecule has 0 unspecified atom stereocenters. The summed E-state index contributed by atoms with van der Waals surface area (Å²) >= 11 is 0. The van der Waals surface area contributed by atoms with Gasteiger partial charge in [-0.15, -0.1) is 0 Å². The van der Waals surface area contributed by atoms with Crippen LogP contribution in [0.25, 0.3) is 0 Å². The van der Waals surface area contributed by atoms with Gasteiger partial charge in [0.2, 0.25) is 5.88 Å². The second-order valence-electron chi connectivity index (χ2n) is 3.49. The fraction of sp³-hybridized carbons (Fsp3) is 0.273. The average molecular weight is 219 g/mol. The van der Waals surface area contributed by atoms with E-state index < -0.39 is 0 Å². The molecule has 2 aromatic rings. The molecule has 5 nitrogen and oxygen atoms in total. The van der Waals surface area contributed by atoms with Gasteiger partial charge in [-0.3, -0.25) is 4.57 Å². The van der Waals surface area contributed by atoms with Crippen molar-refractivity contribution in [3.63, 3.8) is 0 Å². The van der Waals surface area contributed by atoms with Crippen LogP contribution in [0.1, 0.15) is 5.69 Å². The summed E-state index contributed by atoms with van der Waals surface area (Å²) in [7, 11) is 3.29. The van der Waals surface area contributed by atoms with Gasteiger partial charge in [0.25, 0.3) is 0 Å². The summed E-state index contributed by atoms with van der Waals surface area (Å²) in [5.74, 6) is 0.557. The lowest BCUT2D eigenvalue weighted by Gasteiger charge is -2.03. The van der Waals surface area contributed by atoms with Crippen LogP contribution in [0.4, 0.5) is 0 Å². The standard InChI is InChI=1S/C11H13N3O2/c1-13-6-7-14(11(13)15)8-9-4-3-5-10(12-9)16-2/h3-7H,8H2,1-2H3. The molecule has 0 saturated heterocycles. The van der Waals surface area contributed by atoms with Gasteiger partial charge in [-0.2, -0.15) is 0 Å². The van der Waals surface area contributed by atoms with Crippen LogP contribution in [-0.2, 0) is 13.6 Å². The fourth-order valence-corrected chi connectivity index (χ4v) is 1.46. The minimum absolute atomic E-state index is 0.0513. The number of aromatic nitrogens is 3. The van der Waals surface area contributed by atoms with Gasteiger partial charge in [-0.05, 0) is 6.07 Å². The van der Waals surface area contributed by atoms with E-state index in [-0.39, 0.29) is 5.69 Å². The number of imidazole rings is 1. The molecule has 84 valence electrons. The summed E-state index contributed by atoms with van der Waals surface area (Å²) in [5, 5.41) is 0. The highest BCUT2D eigenvalue weighted by atomic mass is 16.5. The van der Waals surface area contributed by atoms with E-state index in [0.29, 0.717) is 12.4 Å². The summed E-state index contributed by atoms with van der Waals surface area (Å²) in [6, 6.07) is 5.49. The molecule has 0 aliphatic carbocycles. The Morgan fingerprint density at radius 2 is 2.19 bits per heavy atom. The molecule has 0 saturated carbocycles. The Bertz CT molecular complexity index is 542. The third-order valence-corrected chi connectivity index (χ3v) is 2.34. The summed E-state index contributed by atoms with van der Waals surface area (Å²) in [6.45, 7) is 0.455. The molecule has 2 aromatic heterocycles. The molecule has 16 heavy (non-hydrogen) atoms. The lowest BCUT2D eigenvalue weighted by molar-refractivity contribution is 0.396. The van der Waals surface area contributed by atoms with Crippen molar-refractivity contribution >= 4 is 0 Å². The van der Waals surface area contributed by atoms with Crippen molar-refractivity contribution in [2.45, 2.75) is 6.54 Å². The molecule has 0 radical (unpaired) electrons. The molecule has 0 N–H and O–H groups in total. The highest BCUT2D eigenvalue weighted by Crippen LogP contribution is 2.07. The predicted octanol–water partition coefficient (Wildman–Crippen LogP) is 0.639. The minimum atomic E-state index is -0.0513.